The SMILES string of the molecule is C=C[C@]1(F)[C@H](C(C)C)O[C@H](CC(C)C)[C@H]1N(C)C. The van der Waals surface area contributed by atoms with Gasteiger partial charge in [0, 0.05) is 0 Å². The molecule has 0 bridgehead atoms. The van der Waals surface area contributed by atoms with E-state index < -0.39 is 11.8 Å². The fourth-order valence-electron chi connectivity index (χ4n) is 3.10. The molecule has 4 atom stereocenters. The third-order valence-electron chi connectivity index (χ3n) is 3.74. The van der Waals surface area contributed by atoms with Crippen molar-refractivity contribution in [1.29, 1.82) is 0 Å². The topological polar surface area (TPSA) is 12.5 Å². The molecule has 0 saturated carbocycles. The molecule has 0 aliphatic carbocycles. The summed E-state index contributed by atoms with van der Waals surface area (Å²) in [6.45, 7) is 12.0. The molecule has 0 aromatic rings. The van der Waals surface area contributed by atoms with Crippen molar-refractivity contribution in [3.63, 3.8) is 0 Å². The van der Waals surface area contributed by atoms with Gasteiger partial charge in [-0.1, -0.05) is 40.3 Å². The summed E-state index contributed by atoms with van der Waals surface area (Å²) in [6, 6.07) is -0.246. The maximum Gasteiger partial charge on any atom is 0.172 e. The molecule has 0 radical (unpaired) electrons. The first-order chi connectivity index (χ1) is 8.24. The van der Waals surface area contributed by atoms with Crippen LogP contribution in [0.15, 0.2) is 12.7 Å². The van der Waals surface area contributed by atoms with E-state index in [1.165, 1.54) is 6.08 Å². The summed E-state index contributed by atoms with van der Waals surface area (Å²) in [4.78, 5) is 1.94. The summed E-state index contributed by atoms with van der Waals surface area (Å²) >= 11 is 0. The second-order valence-electron chi connectivity index (χ2n) is 6.41. The molecule has 3 heteroatoms. The summed E-state index contributed by atoms with van der Waals surface area (Å²) in [5, 5.41) is 0. The van der Waals surface area contributed by atoms with Crippen molar-refractivity contribution in [2.45, 2.75) is 58.0 Å². The van der Waals surface area contributed by atoms with Crippen LogP contribution in [0.5, 0.6) is 0 Å². The number of halogens is 1. The highest BCUT2D eigenvalue weighted by atomic mass is 19.1. The number of likely N-dealkylation sites (N-methyl/N-ethyl adjacent to an activating group) is 1. The van der Waals surface area contributed by atoms with Crippen LogP contribution >= 0.6 is 0 Å². The summed E-state index contributed by atoms with van der Waals surface area (Å²) in [6.07, 6.45) is 1.87. The smallest absolute Gasteiger partial charge is 0.172 e. The van der Waals surface area contributed by atoms with Gasteiger partial charge < -0.3 is 9.64 Å². The molecule has 0 aromatic carbocycles. The Morgan fingerprint density at radius 1 is 1.33 bits per heavy atom. The zero-order valence-corrected chi connectivity index (χ0v) is 12.6. The van der Waals surface area contributed by atoms with E-state index in [-0.39, 0.29) is 18.1 Å². The maximum absolute atomic E-state index is 15.3. The van der Waals surface area contributed by atoms with Crippen molar-refractivity contribution in [1.82, 2.24) is 4.90 Å². The summed E-state index contributed by atoms with van der Waals surface area (Å²) in [5.41, 5.74) is -1.46. The average molecular weight is 257 g/mol. The Morgan fingerprint density at radius 2 is 1.89 bits per heavy atom. The van der Waals surface area contributed by atoms with Gasteiger partial charge >= 0.3 is 0 Å². The van der Waals surface area contributed by atoms with Gasteiger partial charge in [-0.15, -0.1) is 0 Å². The van der Waals surface area contributed by atoms with E-state index in [0.717, 1.165) is 6.42 Å². The second-order valence-corrected chi connectivity index (χ2v) is 6.41. The van der Waals surface area contributed by atoms with Crippen LogP contribution in [0, 0.1) is 11.8 Å². The van der Waals surface area contributed by atoms with Crippen LogP contribution in [0.4, 0.5) is 4.39 Å². The van der Waals surface area contributed by atoms with Crippen molar-refractivity contribution in [3.8, 4) is 0 Å². The van der Waals surface area contributed by atoms with Gasteiger partial charge in [0.05, 0.1) is 18.2 Å². The van der Waals surface area contributed by atoms with Crippen LogP contribution in [-0.2, 0) is 4.74 Å². The van der Waals surface area contributed by atoms with Gasteiger partial charge in [0.25, 0.3) is 0 Å². The molecule has 2 nitrogen and oxygen atoms in total. The number of hydrogen-bond donors (Lipinski definition) is 0. The first-order valence-electron chi connectivity index (χ1n) is 6.88. The minimum Gasteiger partial charge on any atom is -0.369 e. The normalized spacial score (nSPS) is 36.9. The van der Waals surface area contributed by atoms with E-state index >= 15 is 4.39 Å². The number of rotatable bonds is 5. The standard InChI is InChI=1S/C15H28FNO/c1-8-15(16)13(17(6)7)12(9-10(2)3)18-14(15)11(4)5/h8,10-14H,1,9H2,2-7H3/t12-,13-,14+,15-/m1/s1. The van der Waals surface area contributed by atoms with Gasteiger partial charge in [-0.05, 0) is 32.4 Å². The predicted octanol–water partition coefficient (Wildman–Crippen LogP) is 3.28. The highest BCUT2D eigenvalue weighted by Gasteiger charge is 2.57. The Kier molecular flexibility index (Phi) is 4.96. The molecule has 0 amide bonds. The van der Waals surface area contributed by atoms with E-state index in [9.17, 15) is 0 Å². The third-order valence-corrected chi connectivity index (χ3v) is 3.74. The third kappa shape index (κ3) is 2.77. The molecule has 1 aliphatic heterocycles. The summed E-state index contributed by atoms with van der Waals surface area (Å²) in [5.74, 6) is 0.644. The van der Waals surface area contributed by atoms with Crippen LogP contribution < -0.4 is 0 Å². The molecular weight excluding hydrogens is 229 g/mol. The van der Waals surface area contributed by atoms with E-state index in [4.69, 9.17) is 4.74 Å². The Hall–Kier alpha value is -0.410. The van der Waals surface area contributed by atoms with Crippen molar-refractivity contribution in [3.05, 3.63) is 12.7 Å². The lowest BCUT2D eigenvalue weighted by Gasteiger charge is -2.34. The number of alkyl halides is 1. The van der Waals surface area contributed by atoms with Gasteiger partial charge in [0.15, 0.2) is 5.67 Å². The number of ether oxygens (including phenoxy) is 1. The first-order valence-corrected chi connectivity index (χ1v) is 6.88. The van der Waals surface area contributed by atoms with Crippen LogP contribution in [0.1, 0.15) is 34.1 Å². The largest absolute Gasteiger partial charge is 0.369 e. The molecule has 0 N–H and O–H groups in total. The van der Waals surface area contributed by atoms with Gasteiger partial charge in [-0.25, -0.2) is 4.39 Å². The molecular formula is C15H28FNO. The monoisotopic (exact) mass is 257 g/mol. The van der Waals surface area contributed by atoms with E-state index in [2.05, 4.69) is 20.4 Å². The van der Waals surface area contributed by atoms with Crippen molar-refractivity contribution in [2.24, 2.45) is 11.8 Å². The molecule has 1 saturated heterocycles. The van der Waals surface area contributed by atoms with E-state index in [1.807, 2.05) is 32.8 Å². The van der Waals surface area contributed by atoms with Crippen LogP contribution in [0.25, 0.3) is 0 Å². The number of hydrogen-bond acceptors (Lipinski definition) is 2. The molecule has 0 unspecified atom stereocenters. The quantitative estimate of drug-likeness (QED) is 0.701. The number of nitrogens with zero attached hydrogens (tertiary/aromatic N) is 1. The Bertz CT molecular complexity index is 290. The van der Waals surface area contributed by atoms with Crippen molar-refractivity contribution < 1.29 is 9.13 Å². The molecule has 1 heterocycles. The predicted molar refractivity (Wildman–Crippen MR) is 74.5 cm³/mol. The fraction of sp³-hybridized carbons (Fsp3) is 0.867. The maximum atomic E-state index is 15.3. The molecule has 1 aliphatic rings. The lowest BCUT2D eigenvalue weighted by atomic mass is 9.83. The average Bonchev–Trinajstić information content (AvgIpc) is 2.51. The van der Waals surface area contributed by atoms with Crippen LogP contribution in [0.2, 0.25) is 0 Å². The first kappa shape index (κ1) is 15.6. The Balaban J connectivity index is 3.06. The second kappa shape index (κ2) is 5.70. The Morgan fingerprint density at radius 3 is 2.22 bits per heavy atom. The zero-order valence-electron chi connectivity index (χ0n) is 12.6. The lowest BCUT2D eigenvalue weighted by Crippen LogP contribution is -2.51. The highest BCUT2D eigenvalue weighted by Crippen LogP contribution is 2.43. The van der Waals surface area contributed by atoms with Gasteiger partial charge in [0.2, 0.25) is 0 Å². The van der Waals surface area contributed by atoms with Crippen LogP contribution in [0.3, 0.4) is 0 Å². The zero-order chi connectivity index (χ0) is 14.1. The molecule has 1 rings (SSSR count). The fourth-order valence-corrected chi connectivity index (χ4v) is 3.10. The van der Waals surface area contributed by atoms with Gasteiger partial charge in [-0.3, -0.25) is 0 Å². The van der Waals surface area contributed by atoms with Crippen LogP contribution in [-0.4, -0.2) is 42.9 Å². The van der Waals surface area contributed by atoms with Gasteiger partial charge in [0.1, 0.15) is 0 Å². The van der Waals surface area contributed by atoms with Crippen molar-refractivity contribution in [2.75, 3.05) is 14.1 Å². The van der Waals surface area contributed by atoms with E-state index in [1.54, 1.807) is 0 Å². The van der Waals surface area contributed by atoms with Gasteiger partial charge in [-0.2, -0.15) is 0 Å². The Labute approximate surface area is 111 Å². The minimum absolute atomic E-state index is 0.0598. The summed E-state index contributed by atoms with van der Waals surface area (Å²) in [7, 11) is 3.84. The molecule has 1 fully saturated rings. The highest BCUT2D eigenvalue weighted by molar-refractivity contribution is 5.17. The van der Waals surface area contributed by atoms with Crippen molar-refractivity contribution >= 4 is 0 Å². The summed E-state index contributed by atoms with van der Waals surface area (Å²) < 4.78 is 21.3. The molecule has 18 heavy (non-hydrogen) atoms. The lowest BCUT2D eigenvalue weighted by molar-refractivity contribution is -0.0220. The molecule has 106 valence electrons. The minimum atomic E-state index is -1.46. The molecule has 0 aromatic heterocycles. The molecule has 0 spiro atoms. The van der Waals surface area contributed by atoms with E-state index in [0.29, 0.717) is 5.92 Å².